The standard InChI is InChI=1S/C12H24BrNO/c1-10(2)8-14(9-12(15)7-13)11-5-3-4-6-11/h10-12,15H,3-9H2,1-2H3. The minimum atomic E-state index is -0.218. The molecule has 0 bridgehead atoms. The van der Waals surface area contributed by atoms with Crippen LogP contribution in [0.25, 0.3) is 0 Å². The Bertz CT molecular complexity index is 169. The lowest BCUT2D eigenvalue weighted by Crippen LogP contribution is -2.41. The number of alkyl halides is 1. The first-order valence-electron chi connectivity index (χ1n) is 6.11. The molecule has 3 heteroatoms. The third-order valence-electron chi connectivity index (χ3n) is 3.06. The van der Waals surface area contributed by atoms with Gasteiger partial charge in [0, 0.05) is 24.5 Å². The second kappa shape index (κ2) is 6.87. The summed E-state index contributed by atoms with van der Waals surface area (Å²) >= 11 is 3.34. The summed E-state index contributed by atoms with van der Waals surface area (Å²) in [5.41, 5.74) is 0. The van der Waals surface area contributed by atoms with E-state index in [1.54, 1.807) is 0 Å². The van der Waals surface area contributed by atoms with Crippen LogP contribution in [0, 0.1) is 5.92 Å². The van der Waals surface area contributed by atoms with Gasteiger partial charge in [0.1, 0.15) is 0 Å². The van der Waals surface area contributed by atoms with Gasteiger partial charge in [-0.25, -0.2) is 0 Å². The first-order chi connectivity index (χ1) is 7.13. The summed E-state index contributed by atoms with van der Waals surface area (Å²) in [7, 11) is 0. The number of rotatable bonds is 6. The molecule has 0 aromatic carbocycles. The van der Waals surface area contributed by atoms with E-state index in [0.29, 0.717) is 11.2 Å². The van der Waals surface area contributed by atoms with Crippen LogP contribution in [0.2, 0.25) is 0 Å². The van der Waals surface area contributed by atoms with Crippen molar-refractivity contribution >= 4 is 15.9 Å². The second-order valence-corrected chi connectivity index (χ2v) is 5.74. The van der Waals surface area contributed by atoms with Crippen LogP contribution in [0.5, 0.6) is 0 Å². The molecule has 1 atom stereocenters. The van der Waals surface area contributed by atoms with Crippen LogP contribution in [0.3, 0.4) is 0 Å². The van der Waals surface area contributed by atoms with Gasteiger partial charge in [-0.1, -0.05) is 42.6 Å². The zero-order valence-electron chi connectivity index (χ0n) is 9.95. The molecule has 0 amide bonds. The number of hydrogen-bond donors (Lipinski definition) is 1. The Morgan fingerprint density at radius 3 is 2.33 bits per heavy atom. The molecule has 1 rings (SSSR count). The topological polar surface area (TPSA) is 23.5 Å². The summed E-state index contributed by atoms with van der Waals surface area (Å²) in [5.74, 6) is 0.688. The Hall–Kier alpha value is 0.400. The molecular weight excluding hydrogens is 254 g/mol. The third kappa shape index (κ3) is 4.83. The fourth-order valence-electron chi connectivity index (χ4n) is 2.43. The van der Waals surface area contributed by atoms with E-state index in [4.69, 9.17) is 0 Å². The lowest BCUT2D eigenvalue weighted by molar-refractivity contribution is 0.0933. The highest BCUT2D eigenvalue weighted by atomic mass is 79.9. The minimum absolute atomic E-state index is 0.218. The van der Waals surface area contributed by atoms with E-state index in [1.165, 1.54) is 25.7 Å². The molecule has 1 fully saturated rings. The third-order valence-corrected chi connectivity index (χ3v) is 3.81. The summed E-state index contributed by atoms with van der Waals surface area (Å²) in [5, 5.41) is 10.4. The van der Waals surface area contributed by atoms with Crippen LogP contribution in [0.15, 0.2) is 0 Å². The lowest BCUT2D eigenvalue weighted by atomic mass is 10.1. The monoisotopic (exact) mass is 277 g/mol. The molecule has 1 aliphatic rings. The molecule has 1 unspecified atom stereocenters. The van der Waals surface area contributed by atoms with Gasteiger partial charge < -0.3 is 5.11 Å². The predicted molar refractivity (Wildman–Crippen MR) is 68.5 cm³/mol. The molecule has 0 aromatic heterocycles. The molecule has 1 aliphatic carbocycles. The van der Waals surface area contributed by atoms with Gasteiger partial charge in [-0.15, -0.1) is 0 Å². The highest BCUT2D eigenvalue weighted by Crippen LogP contribution is 2.24. The Kier molecular flexibility index (Phi) is 6.17. The van der Waals surface area contributed by atoms with Crippen molar-refractivity contribution in [3.8, 4) is 0 Å². The van der Waals surface area contributed by atoms with Gasteiger partial charge in [0.05, 0.1) is 6.10 Å². The van der Waals surface area contributed by atoms with Gasteiger partial charge in [-0.3, -0.25) is 4.90 Å². The van der Waals surface area contributed by atoms with Crippen molar-refractivity contribution in [1.82, 2.24) is 4.90 Å². The Morgan fingerprint density at radius 1 is 1.27 bits per heavy atom. The van der Waals surface area contributed by atoms with Crippen molar-refractivity contribution in [2.24, 2.45) is 5.92 Å². The normalized spacial score (nSPS) is 20.4. The average Bonchev–Trinajstić information content (AvgIpc) is 2.68. The molecule has 1 N–H and O–H groups in total. The fourth-order valence-corrected chi connectivity index (χ4v) is 2.64. The Balaban J connectivity index is 2.43. The summed E-state index contributed by atoms with van der Waals surface area (Å²) < 4.78 is 0. The van der Waals surface area contributed by atoms with Crippen LogP contribution in [-0.2, 0) is 0 Å². The predicted octanol–water partition coefficient (Wildman–Crippen LogP) is 2.64. The van der Waals surface area contributed by atoms with E-state index in [2.05, 4.69) is 34.7 Å². The summed E-state index contributed by atoms with van der Waals surface area (Å²) in [4.78, 5) is 2.49. The molecule has 0 aliphatic heterocycles. The molecule has 0 radical (unpaired) electrons. The molecule has 15 heavy (non-hydrogen) atoms. The van der Waals surface area contributed by atoms with Crippen LogP contribution in [0.4, 0.5) is 0 Å². The molecule has 1 saturated carbocycles. The highest BCUT2D eigenvalue weighted by molar-refractivity contribution is 9.09. The van der Waals surface area contributed by atoms with Crippen molar-refractivity contribution < 1.29 is 5.11 Å². The van der Waals surface area contributed by atoms with Crippen molar-refractivity contribution in [3.63, 3.8) is 0 Å². The van der Waals surface area contributed by atoms with E-state index in [1.807, 2.05) is 0 Å². The zero-order valence-corrected chi connectivity index (χ0v) is 11.5. The number of aliphatic hydroxyl groups is 1. The maximum absolute atomic E-state index is 9.71. The van der Waals surface area contributed by atoms with Gasteiger partial charge in [-0.2, -0.15) is 0 Å². The first-order valence-corrected chi connectivity index (χ1v) is 7.23. The highest BCUT2D eigenvalue weighted by Gasteiger charge is 2.24. The van der Waals surface area contributed by atoms with E-state index in [9.17, 15) is 5.11 Å². The Labute approximate surface area is 102 Å². The molecular formula is C12H24BrNO. The van der Waals surface area contributed by atoms with E-state index >= 15 is 0 Å². The number of hydrogen-bond acceptors (Lipinski definition) is 2. The van der Waals surface area contributed by atoms with Gasteiger partial charge in [0.15, 0.2) is 0 Å². The molecule has 2 nitrogen and oxygen atoms in total. The molecule has 0 spiro atoms. The second-order valence-electron chi connectivity index (χ2n) is 5.09. The largest absolute Gasteiger partial charge is 0.391 e. The van der Waals surface area contributed by atoms with Gasteiger partial charge in [0.25, 0.3) is 0 Å². The number of halogens is 1. The van der Waals surface area contributed by atoms with E-state index < -0.39 is 0 Å². The van der Waals surface area contributed by atoms with Crippen molar-refractivity contribution in [1.29, 1.82) is 0 Å². The van der Waals surface area contributed by atoms with Gasteiger partial charge in [-0.05, 0) is 18.8 Å². The van der Waals surface area contributed by atoms with Crippen LogP contribution in [0.1, 0.15) is 39.5 Å². The summed E-state index contributed by atoms with van der Waals surface area (Å²) in [6.07, 6.45) is 5.15. The Morgan fingerprint density at radius 2 is 1.87 bits per heavy atom. The van der Waals surface area contributed by atoms with E-state index in [0.717, 1.165) is 19.1 Å². The molecule has 0 aromatic rings. The minimum Gasteiger partial charge on any atom is -0.391 e. The number of nitrogens with zero attached hydrogens (tertiary/aromatic N) is 1. The lowest BCUT2D eigenvalue weighted by Gasteiger charge is -2.31. The molecule has 0 saturated heterocycles. The maximum Gasteiger partial charge on any atom is 0.0763 e. The van der Waals surface area contributed by atoms with Crippen LogP contribution < -0.4 is 0 Å². The van der Waals surface area contributed by atoms with Gasteiger partial charge in [0.2, 0.25) is 0 Å². The van der Waals surface area contributed by atoms with Crippen molar-refractivity contribution in [2.75, 3.05) is 18.4 Å². The zero-order chi connectivity index (χ0) is 11.3. The summed E-state index contributed by atoms with van der Waals surface area (Å²) in [6, 6.07) is 0.723. The van der Waals surface area contributed by atoms with E-state index in [-0.39, 0.29) is 6.10 Å². The van der Waals surface area contributed by atoms with Gasteiger partial charge >= 0.3 is 0 Å². The summed E-state index contributed by atoms with van der Waals surface area (Å²) in [6.45, 7) is 6.45. The van der Waals surface area contributed by atoms with Crippen LogP contribution >= 0.6 is 15.9 Å². The first kappa shape index (κ1) is 13.5. The van der Waals surface area contributed by atoms with Crippen molar-refractivity contribution in [3.05, 3.63) is 0 Å². The fraction of sp³-hybridized carbons (Fsp3) is 1.00. The maximum atomic E-state index is 9.71. The smallest absolute Gasteiger partial charge is 0.0763 e. The molecule has 0 heterocycles. The molecule has 90 valence electrons. The van der Waals surface area contributed by atoms with Crippen LogP contribution in [-0.4, -0.2) is 40.6 Å². The number of aliphatic hydroxyl groups excluding tert-OH is 1. The SMILES string of the molecule is CC(C)CN(CC(O)CBr)C1CCCC1. The van der Waals surface area contributed by atoms with Crippen molar-refractivity contribution in [2.45, 2.75) is 51.7 Å². The quantitative estimate of drug-likeness (QED) is 0.755. The average molecular weight is 278 g/mol.